The van der Waals surface area contributed by atoms with E-state index in [1.54, 1.807) is 12.1 Å². The zero-order chi connectivity index (χ0) is 15.6. The number of hydrogen-bond donors (Lipinski definition) is 2. The highest BCUT2D eigenvalue weighted by Crippen LogP contribution is 2.20. The second-order valence-corrected chi connectivity index (χ2v) is 6.16. The molecule has 7 heteroatoms. The minimum atomic E-state index is -3.89. The predicted molar refractivity (Wildman–Crippen MR) is 76.9 cm³/mol. The third-order valence-corrected chi connectivity index (χ3v) is 4.21. The minimum Gasteiger partial charge on any atom is -0.366 e. The Morgan fingerprint density at radius 3 is 2.29 bits per heavy atom. The van der Waals surface area contributed by atoms with Crippen molar-refractivity contribution in [1.29, 1.82) is 0 Å². The van der Waals surface area contributed by atoms with E-state index < -0.39 is 21.7 Å². The van der Waals surface area contributed by atoms with E-state index in [2.05, 4.69) is 4.72 Å². The summed E-state index contributed by atoms with van der Waals surface area (Å²) < 4.78 is 40.1. The van der Waals surface area contributed by atoms with Gasteiger partial charge in [-0.1, -0.05) is 17.7 Å². The zero-order valence-electron chi connectivity index (χ0n) is 11.1. The van der Waals surface area contributed by atoms with Crippen LogP contribution in [0.25, 0.3) is 0 Å². The number of halogens is 1. The Morgan fingerprint density at radius 2 is 1.76 bits per heavy atom. The Morgan fingerprint density at radius 1 is 1.14 bits per heavy atom. The van der Waals surface area contributed by atoms with Crippen LogP contribution in [0.5, 0.6) is 0 Å². The summed E-state index contributed by atoms with van der Waals surface area (Å²) in [6.07, 6.45) is 0. The number of carbonyl (C=O) groups is 1. The van der Waals surface area contributed by atoms with Crippen LogP contribution in [0.1, 0.15) is 15.9 Å². The Labute approximate surface area is 121 Å². The highest BCUT2D eigenvalue weighted by atomic mass is 32.2. The number of rotatable bonds is 4. The molecule has 3 N–H and O–H groups in total. The lowest BCUT2D eigenvalue weighted by Gasteiger charge is -2.09. The van der Waals surface area contributed by atoms with Crippen LogP contribution in [0, 0.1) is 12.7 Å². The first kappa shape index (κ1) is 15.0. The molecular weight excluding hydrogens is 295 g/mol. The summed E-state index contributed by atoms with van der Waals surface area (Å²) >= 11 is 0. The maximum atomic E-state index is 13.8. The Bertz CT molecular complexity index is 786. The molecule has 1 amide bonds. The van der Waals surface area contributed by atoms with Gasteiger partial charge in [-0.25, -0.2) is 12.8 Å². The molecule has 2 rings (SSSR count). The number of amides is 1. The minimum absolute atomic E-state index is 0.0199. The zero-order valence-corrected chi connectivity index (χ0v) is 11.9. The van der Waals surface area contributed by atoms with E-state index in [0.29, 0.717) is 0 Å². The van der Waals surface area contributed by atoms with Gasteiger partial charge in [0.15, 0.2) is 0 Å². The van der Waals surface area contributed by atoms with Gasteiger partial charge in [-0.3, -0.25) is 9.52 Å². The topological polar surface area (TPSA) is 89.3 Å². The summed E-state index contributed by atoms with van der Waals surface area (Å²) in [5.41, 5.74) is 5.64. The molecule has 0 atom stereocenters. The van der Waals surface area contributed by atoms with Crippen LogP contribution < -0.4 is 10.5 Å². The van der Waals surface area contributed by atoms with Crippen LogP contribution in [0.4, 0.5) is 10.1 Å². The first-order valence-corrected chi connectivity index (χ1v) is 7.47. The van der Waals surface area contributed by atoms with E-state index in [0.717, 1.165) is 17.7 Å². The number of sulfonamides is 1. The molecule has 110 valence electrons. The van der Waals surface area contributed by atoms with Crippen LogP contribution in [-0.2, 0) is 10.0 Å². The van der Waals surface area contributed by atoms with Gasteiger partial charge < -0.3 is 5.73 Å². The summed E-state index contributed by atoms with van der Waals surface area (Å²) in [7, 11) is -3.89. The molecule has 0 unspecified atom stereocenters. The average Bonchev–Trinajstić information content (AvgIpc) is 2.41. The van der Waals surface area contributed by atoms with Gasteiger partial charge in [0.25, 0.3) is 10.0 Å². The predicted octanol–water partition coefficient (Wildman–Crippen LogP) is 2.03. The highest BCUT2D eigenvalue weighted by Gasteiger charge is 2.16. The van der Waals surface area contributed by atoms with Crippen molar-refractivity contribution in [1.82, 2.24) is 0 Å². The second-order valence-electron chi connectivity index (χ2n) is 4.48. The summed E-state index contributed by atoms with van der Waals surface area (Å²) in [4.78, 5) is 10.9. The molecule has 0 aliphatic rings. The van der Waals surface area contributed by atoms with E-state index in [1.165, 1.54) is 18.2 Å². The van der Waals surface area contributed by atoms with Gasteiger partial charge in [0.1, 0.15) is 5.82 Å². The van der Waals surface area contributed by atoms with Gasteiger partial charge in [-0.05, 0) is 37.3 Å². The van der Waals surface area contributed by atoms with Crippen LogP contribution in [0.2, 0.25) is 0 Å². The number of carbonyl (C=O) groups excluding carboxylic acids is 1. The van der Waals surface area contributed by atoms with Crippen molar-refractivity contribution in [2.75, 3.05) is 4.72 Å². The maximum absolute atomic E-state index is 13.8. The van der Waals surface area contributed by atoms with Crippen molar-refractivity contribution >= 4 is 21.6 Å². The molecule has 0 aliphatic carbocycles. The molecule has 0 saturated heterocycles. The Kier molecular flexibility index (Phi) is 3.95. The monoisotopic (exact) mass is 308 g/mol. The SMILES string of the molecule is Cc1ccc(S(=O)(=O)Nc2ccc(C(N)=O)cc2F)cc1. The van der Waals surface area contributed by atoms with Gasteiger partial charge in [-0.15, -0.1) is 0 Å². The lowest BCUT2D eigenvalue weighted by atomic mass is 10.2. The van der Waals surface area contributed by atoms with Gasteiger partial charge in [0.2, 0.25) is 5.91 Å². The fourth-order valence-electron chi connectivity index (χ4n) is 1.67. The number of benzene rings is 2. The summed E-state index contributed by atoms with van der Waals surface area (Å²) in [6, 6.07) is 9.41. The molecule has 0 radical (unpaired) electrons. The lowest BCUT2D eigenvalue weighted by molar-refractivity contribution is 0.1000. The highest BCUT2D eigenvalue weighted by molar-refractivity contribution is 7.92. The van der Waals surface area contributed by atoms with Crippen molar-refractivity contribution in [3.8, 4) is 0 Å². The number of nitrogens with two attached hydrogens (primary N) is 1. The second kappa shape index (κ2) is 5.53. The molecule has 0 aromatic heterocycles. The molecular formula is C14H13FN2O3S. The quantitative estimate of drug-likeness (QED) is 0.905. The molecule has 2 aromatic rings. The molecule has 0 saturated carbocycles. The van der Waals surface area contributed by atoms with Crippen molar-refractivity contribution in [3.63, 3.8) is 0 Å². The van der Waals surface area contributed by atoms with Crippen LogP contribution in [0.3, 0.4) is 0 Å². The van der Waals surface area contributed by atoms with Gasteiger partial charge in [0.05, 0.1) is 10.6 Å². The van der Waals surface area contributed by atoms with Crippen molar-refractivity contribution < 1.29 is 17.6 Å². The number of hydrogen-bond acceptors (Lipinski definition) is 3. The lowest BCUT2D eigenvalue weighted by Crippen LogP contribution is -2.15. The normalized spacial score (nSPS) is 11.1. The first-order valence-electron chi connectivity index (χ1n) is 5.98. The fraction of sp³-hybridized carbons (Fsp3) is 0.0714. The summed E-state index contributed by atoms with van der Waals surface area (Å²) in [5.74, 6) is -1.66. The standard InChI is InChI=1S/C14H13FN2O3S/c1-9-2-5-11(6-3-9)21(19,20)17-13-7-4-10(14(16)18)8-12(13)15/h2-8,17H,1H3,(H2,16,18). The molecule has 0 fully saturated rings. The average molecular weight is 308 g/mol. The summed E-state index contributed by atoms with van der Waals surface area (Å²) in [6.45, 7) is 1.83. The third-order valence-electron chi connectivity index (χ3n) is 2.83. The molecule has 21 heavy (non-hydrogen) atoms. The van der Waals surface area contributed by atoms with Gasteiger partial charge in [-0.2, -0.15) is 0 Å². The molecule has 2 aromatic carbocycles. The van der Waals surface area contributed by atoms with Gasteiger partial charge >= 0.3 is 0 Å². The van der Waals surface area contributed by atoms with E-state index in [1.807, 2.05) is 6.92 Å². The third kappa shape index (κ3) is 3.38. The fourth-order valence-corrected chi connectivity index (χ4v) is 2.74. The van der Waals surface area contributed by atoms with E-state index in [9.17, 15) is 17.6 Å². The largest absolute Gasteiger partial charge is 0.366 e. The maximum Gasteiger partial charge on any atom is 0.261 e. The van der Waals surface area contributed by atoms with Crippen LogP contribution in [0.15, 0.2) is 47.4 Å². The smallest absolute Gasteiger partial charge is 0.261 e. The molecule has 0 heterocycles. The van der Waals surface area contributed by atoms with E-state index >= 15 is 0 Å². The molecule has 0 bridgehead atoms. The molecule has 0 spiro atoms. The molecule has 0 aliphatic heterocycles. The van der Waals surface area contributed by atoms with E-state index in [4.69, 9.17) is 5.73 Å². The number of primary amides is 1. The number of aryl methyl sites for hydroxylation is 1. The summed E-state index contributed by atoms with van der Waals surface area (Å²) in [5, 5.41) is 0. The van der Waals surface area contributed by atoms with Crippen molar-refractivity contribution in [2.24, 2.45) is 5.73 Å². The van der Waals surface area contributed by atoms with E-state index in [-0.39, 0.29) is 16.1 Å². The Hall–Kier alpha value is -2.41. The van der Waals surface area contributed by atoms with Crippen LogP contribution in [-0.4, -0.2) is 14.3 Å². The van der Waals surface area contributed by atoms with Crippen molar-refractivity contribution in [3.05, 3.63) is 59.4 Å². The Balaban J connectivity index is 2.32. The van der Waals surface area contributed by atoms with Crippen molar-refractivity contribution in [2.45, 2.75) is 11.8 Å². The van der Waals surface area contributed by atoms with Crippen LogP contribution >= 0.6 is 0 Å². The molecule has 5 nitrogen and oxygen atoms in total. The number of nitrogens with one attached hydrogen (secondary N) is 1. The first-order chi connectivity index (χ1) is 9.79. The van der Waals surface area contributed by atoms with Gasteiger partial charge in [0, 0.05) is 5.56 Å². The number of anilines is 1.